The van der Waals surface area contributed by atoms with E-state index in [0.717, 1.165) is 64.3 Å². The molecule has 1 unspecified atom stereocenters. The predicted octanol–water partition coefficient (Wildman–Crippen LogP) is 4.73. The van der Waals surface area contributed by atoms with Crippen molar-refractivity contribution in [3.8, 4) is 10.7 Å². The number of hydrogen-bond donors (Lipinski definition) is 0. The quantitative estimate of drug-likeness (QED) is 0.418. The zero-order valence-electron chi connectivity index (χ0n) is 16.1. The first-order valence-electron chi connectivity index (χ1n) is 9.71. The van der Waals surface area contributed by atoms with Gasteiger partial charge in [0.2, 0.25) is 0 Å². The zero-order valence-corrected chi connectivity index (χ0v) is 17.7. The highest BCUT2D eigenvalue weighted by Crippen LogP contribution is 2.30. The highest BCUT2D eigenvalue weighted by atomic mass is 32.2. The number of fused-ring (bicyclic) bond motifs is 1. The fourth-order valence-corrected chi connectivity index (χ4v) is 5.21. The number of aromatic nitrogens is 5. The number of rotatable bonds is 6. The third-order valence-corrected chi connectivity index (χ3v) is 6.89. The molecule has 0 spiro atoms. The molecular formula is C21H21N5OS2. The number of ether oxygens (including phenoxy) is 1. The number of hydrogen-bond acceptors (Lipinski definition) is 7. The molecule has 1 aromatic carbocycles. The van der Waals surface area contributed by atoms with Gasteiger partial charge in [0, 0.05) is 12.4 Å². The first kappa shape index (κ1) is 18.7. The van der Waals surface area contributed by atoms with E-state index in [1.54, 1.807) is 23.1 Å². The fourth-order valence-electron chi connectivity index (χ4n) is 3.53. The van der Waals surface area contributed by atoms with Crippen LogP contribution in [-0.4, -0.2) is 37.4 Å². The topological polar surface area (TPSA) is 65.7 Å². The molecule has 4 heterocycles. The largest absolute Gasteiger partial charge is 0.376 e. The Morgan fingerprint density at radius 1 is 1.14 bits per heavy atom. The standard InChI is InChI=1S/C21H21N5OS2/c1-14-18(23-17-8-3-2-7-16(17)22-14)13-29-21-25-24-20(19-9-5-11-28-19)26(21)12-15-6-4-10-27-15/h2-3,5,7-9,11,15H,4,6,10,12-13H2,1H3. The van der Waals surface area contributed by atoms with Crippen LogP contribution in [0.4, 0.5) is 0 Å². The highest BCUT2D eigenvalue weighted by Gasteiger charge is 2.22. The fraction of sp³-hybridized carbons (Fsp3) is 0.333. The maximum absolute atomic E-state index is 5.88. The molecule has 4 aromatic rings. The maximum atomic E-state index is 5.88. The molecule has 29 heavy (non-hydrogen) atoms. The van der Waals surface area contributed by atoms with Gasteiger partial charge in [-0.1, -0.05) is 30.0 Å². The molecule has 148 valence electrons. The minimum absolute atomic E-state index is 0.228. The van der Waals surface area contributed by atoms with E-state index in [4.69, 9.17) is 14.7 Å². The molecule has 1 atom stereocenters. The molecule has 1 aliphatic heterocycles. The van der Waals surface area contributed by atoms with Crippen LogP contribution >= 0.6 is 23.1 Å². The summed E-state index contributed by atoms with van der Waals surface area (Å²) in [7, 11) is 0. The number of para-hydroxylation sites is 2. The monoisotopic (exact) mass is 423 g/mol. The van der Waals surface area contributed by atoms with Gasteiger partial charge in [-0.3, -0.25) is 4.57 Å². The van der Waals surface area contributed by atoms with Gasteiger partial charge in [0.25, 0.3) is 0 Å². The van der Waals surface area contributed by atoms with Crippen LogP contribution in [0.15, 0.2) is 46.9 Å². The van der Waals surface area contributed by atoms with Crippen LogP contribution in [0.2, 0.25) is 0 Å². The predicted molar refractivity (Wildman–Crippen MR) is 116 cm³/mol. The number of thioether (sulfide) groups is 1. The van der Waals surface area contributed by atoms with Gasteiger partial charge in [-0.25, -0.2) is 9.97 Å². The van der Waals surface area contributed by atoms with Gasteiger partial charge in [0.1, 0.15) is 0 Å². The zero-order chi connectivity index (χ0) is 19.6. The average Bonchev–Trinajstić information content (AvgIpc) is 3.49. The van der Waals surface area contributed by atoms with Crippen LogP contribution in [0.1, 0.15) is 24.2 Å². The summed E-state index contributed by atoms with van der Waals surface area (Å²) in [5, 5.41) is 12.0. The third kappa shape index (κ3) is 3.92. The molecule has 6 nitrogen and oxygen atoms in total. The first-order chi connectivity index (χ1) is 14.3. The molecule has 0 aliphatic carbocycles. The molecule has 1 fully saturated rings. The Labute approximate surface area is 177 Å². The van der Waals surface area contributed by atoms with Gasteiger partial charge in [0.05, 0.1) is 39.9 Å². The second kappa shape index (κ2) is 8.22. The van der Waals surface area contributed by atoms with E-state index in [1.807, 2.05) is 37.3 Å². The molecule has 0 amide bonds. The Bertz CT molecular complexity index is 1120. The number of nitrogens with zero attached hydrogens (tertiary/aromatic N) is 5. The Morgan fingerprint density at radius 3 is 2.76 bits per heavy atom. The molecule has 5 rings (SSSR count). The SMILES string of the molecule is Cc1nc2ccccc2nc1CSc1nnc(-c2cccs2)n1CC1CCCO1. The van der Waals surface area contributed by atoms with E-state index in [1.165, 1.54) is 0 Å². The van der Waals surface area contributed by atoms with Crippen LogP contribution in [0, 0.1) is 6.92 Å². The lowest BCUT2D eigenvalue weighted by molar-refractivity contribution is 0.0953. The summed E-state index contributed by atoms with van der Waals surface area (Å²) < 4.78 is 8.08. The number of benzene rings is 1. The summed E-state index contributed by atoms with van der Waals surface area (Å²) in [5.74, 6) is 1.62. The smallest absolute Gasteiger partial charge is 0.191 e. The molecular weight excluding hydrogens is 402 g/mol. The normalized spacial score (nSPS) is 16.7. The molecule has 3 aromatic heterocycles. The summed E-state index contributed by atoms with van der Waals surface area (Å²) >= 11 is 3.34. The van der Waals surface area contributed by atoms with E-state index in [-0.39, 0.29) is 6.10 Å². The van der Waals surface area contributed by atoms with Crippen LogP contribution in [-0.2, 0) is 17.0 Å². The van der Waals surface area contributed by atoms with Gasteiger partial charge in [-0.15, -0.1) is 21.5 Å². The highest BCUT2D eigenvalue weighted by molar-refractivity contribution is 7.98. The van der Waals surface area contributed by atoms with Gasteiger partial charge in [-0.2, -0.15) is 0 Å². The molecule has 8 heteroatoms. The maximum Gasteiger partial charge on any atom is 0.191 e. The molecule has 1 saturated heterocycles. The van der Waals surface area contributed by atoms with Gasteiger partial charge < -0.3 is 4.74 Å². The van der Waals surface area contributed by atoms with Crippen molar-refractivity contribution in [2.45, 2.75) is 43.3 Å². The molecule has 1 aliphatic rings. The van der Waals surface area contributed by atoms with Crippen molar-refractivity contribution < 1.29 is 4.74 Å². The second-order valence-electron chi connectivity index (χ2n) is 7.06. The summed E-state index contributed by atoms with van der Waals surface area (Å²) in [5.41, 5.74) is 3.80. The Kier molecular flexibility index (Phi) is 5.30. The van der Waals surface area contributed by atoms with Crippen molar-refractivity contribution >= 4 is 34.1 Å². The Balaban J connectivity index is 1.42. The summed E-state index contributed by atoms with van der Waals surface area (Å²) in [6, 6.07) is 12.1. The van der Waals surface area contributed by atoms with Crippen molar-refractivity contribution in [1.82, 2.24) is 24.7 Å². The van der Waals surface area contributed by atoms with Gasteiger partial charge >= 0.3 is 0 Å². The van der Waals surface area contributed by atoms with Gasteiger partial charge in [0.15, 0.2) is 11.0 Å². The van der Waals surface area contributed by atoms with Crippen molar-refractivity contribution in [2.24, 2.45) is 0 Å². The van der Waals surface area contributed by atoms with Crippen molar-refractivity contribution in [3.63, 3.8) is 0 Å². The lowest BCUT2D eigenvalue weighted by atomic mass is 10.2. The van der Waals surface area contributed by atoms with Crippen molar-refractivity contribution in [2.75, 3.05) is 6.61 Å². The van der Waals surface area contributed by atoms with Crippen LogP contribution in [0.3, 0.4) is 0 Å². The Morgan fingerprint density at radius 2 is 2.00 bits per heavy atom. The minimum Gasteiger partial charge on any atom is -0.376 e. The number of thiophene rings is 1. The van der Waals surface area contributed by atoms with Crippen LogP contribution < -0.4 is 0 Å². The van der Waals surface area contributed by atoms with E-state index in [9.17, 15) is 0 Å². The van der Waals surface area contributed by atoms with Crippen molar-refractivity contribution in [3.05, 3.63) is 53.2 Å². The van der Waals surface area contributed by atoms with Gasteiger partial charge in [-0.05, 0) is 43.3 Å². The number of aryl methyl sites for hydroxylation is 1. The lowest BCUT2D eigenvalue weighted by Gasteiger charge is -2.14. The van der Waals surface area contributed by atoms with E-state index in [0.29, 0.717) is 5.75 Å². The second-order valence-corrected chi connectivity index (χ2v) is 8.95. The first-order valence-corrected chi connectivity index (χ1v) is 11.6. The average molecular weight is 424 g/mol. The van der Waals surface area contributed by atoms with Crippen molar-refractivity contribution in [1.29, 1.82) is 0 Å². The molecule has 0 saturated carbocycles. The molecule has 0 radical (unpaired) electrons. The van der Waals surface area contributed by atoms with Crippen LogP contribution in [0.25, 0.3) is 21.7 Å². The van der Waals surface area contributed by atoms with E-state index >= 15 is 0 Å². The minimum atomic E-state index is 0.228. The van der Waals surface area contributed by atoms with E-state index < -0.39 is 0 Å². The molecule has 0 N–H and O–H groups in total. The summed E-state index contributed by atoms with van der Waals surface area (Å²) in [6.07, 6.45) is 2.43. The lowest BCUT2D eigenvalue weighted by Crippen LogP contribution is -2.16. The third-order valence-electron chi connectivity index (χ3n) is 5.05. The van der Waals surface area contributed by atoms with E-state index in [2.05, 4.69) is 26.2 Å². The summed E-state index contributed by atoms with van der Waals surface area (Å²) in [6.45, 7) is 3.64. The Hall–Kier alpha value is -2.29. The molecule has 0 bridgehead atoms. The summed E-state index contributed by atoms with van der Waals surface area (Å²) in [4.78, 5) is 10.6. The van der Waals surface area contributed by atoms with Crippen LogP contribution in [0.5, 0.6) is 0 Å².